The second kappa shape index (κ2) is 2.24. The third-order valence-corrected chi connectivity index (χ3v) is 2.57. The van der Waals surface area contributed by atoms with E-state index in [1.165, 1.54) is 0 Å². The van der Waals surface area contributed by atoms with Gasteiger partial charge in [-0.2, -0.15) is 13.2 Å². The first-order valence-electron chi connectivity index (χ1n) is 3.73. The SMILES string of the molecule is O=C1OC(=O)[C@H]2C[C@H](C(F)(F)F)[C@@H]12. The van der Waals surface area contributed by atoms with Crippen LogP contribution in [0.1, 0.15) is 6.42 Å². The van der Waals surface area contributed by atoms with Crippen LogP contribution >= 0.6 is 0 Å². The molecule has 2 aliphatic rings. The Kier molecular flexibility index (Phi) is 1.47. The monoisotopic (exact) mass is 194 g/mol. The third kappa shape index (κ3) is 1.04. The average Bonchev–Trinajstić information content (AvgIpc) is 1.95. The summed E-state index contributed by atoms with van der Waals surface area (Å²) in [6.45, 7) is 0. The number of hydrogen-bond donors (Lipinski definition) is 0. The van der Waals surface area contributed by atoms with Crippen molar-refractivity contribution in [1.29, 1.82) is 0 Å². The van der Waals surface area contributed by atoms with Crippen LogP contribution in [0.25, 0.3) is 0 Å². The summed E-state index contributed by atoms with van der Waals surface area (Å²) in [4.78, 5) is 21.5. The second-order valence-electron chi connectivity index (χ2n) is 3.26. The summed E-state index contributed by atoms with van der Waals surface area (Å²) < 4.78 is 40.5. The molecule has 0 unspecified atom stereocenters. The summed E-state index contributed by atoms with van der Waals surface area (Å²) in [6.07, 6.45) is -4.70. The number of halogens is 3. The molecule has 0 radical (unpaired) electrons. The minimum absolute atomic E-state index is 0.307. The highest BCUT2D eigenvalue weighted by molar-refractivity contribution is 5.98. The van der Waals surface area contributed by atoms with Crippen molar-refractivity contribution in [1.82, 2.24) is 0 Å². The molecule has 1 saturated heterocycles. The molecular weight excluding hydrogens is 189 g/mol. The van der Waals surface area contributed by atoms with Crippen LogP contribution < -0.4 is 0 Å². The van der Waals surface area contributed by atoms with Crippen LogP contribution in [0.4, 0.5) is 13.2 Å². The Balaban J connectivity index is 2.17. The Labute approximate surface area is 70.9 Å². The molecule has 0 bridgehead atoms. The molecule has 1 heterocycles. The maximum atomic E-state index is 12.1. The number of esters is 2. The highest BCUT2D eigenvalue weighted by Gasteiger charge is 2.65. The number of ether oxygens (including phenoxy) is 1. The molecular formula is C7H5F3O3. The van der Waals surface area contributed by atoms with Crippen molar-refractivity contribution >= 4 is 11.9 Å². The standard InChI is InChI=1S/C7H5F3O3/c8-7(9,10)3-1-2-4(3)6(12)13-5(2)11/h2-4H,1H2/t2-,3-,4-/m0/s1. The Morgan fingerprint density at radius 2 is 1.85 bits per heavy atom. The quantitative estimate of drug-likeness (QED) is 0.424. The second-order valence-corrected chi connectivity index (χ2v) is 3.26. The molecule has 1 aliphatic heterocycles. The number of carbonyl (C=O) groups excluding carboxylic acids is 2. The summed E-state index contributed by atoms with van der Waals surface area (Å²) in [7, 11) is 0. The van der Waals surface area contributed by atoms with Crippen LogP contribution in [0, 0.1) is 17.8 Å². The van der Waals surface area contributed by atoms with E-state index in [1.54, 1.807) is 0 Å². The summed E-state index contributed by atoms with van der Waals surface area (Å²) in [5.74, 6) is -5.64. The number of carbonyl (C=O) groups is 2. The average molecular weight is 194 g/mol. The first kappa shape index (κ1) is 8.52. The molecule has 1 saturated carbocycles. The largest absolute Gasteiger partial charge is 0.393 e. The van der Waals surface area contributed by atoms with Gasteiger partial charge in [-0.15, -0.1) is 0 Å². The highest BCUT2D eigenvalue weighted by atomic mass is 19.4. The molecule has 3 nitrogen and oxygen atoms in total. The summed E-state index contributed by atoms with van der Waals surface area (Å²) in [6, 6.07) is 0. The summed E-state index contributed by atoms with van der Waals surface area (Å²) >= 11 is 0. The van der Waals surface area contributed by atoms with E-state index < -0.39 is 35.9 Å². The van der Waals surface area contributed by atoms with Gasteiger partial charge in [0.2, 0.25) is 0 Å². The first-order valence-corrected chi connectivity index (χ1v) is 3.73. The van der Waals surface area contributed by atoms with Gasteiger partial charge in [0.25, 0.3) is 0 Å². The van der Waals surface area contributed by atoms with Crippen LogP contribution in [0.3, 0.4) is 0 Å². The lowest BCUT2D eigenvalue weighted by Gasteiger charge is -2.35. The molecule has 1 aliphatic carbocycles. The Morgan fingerprint density at radius 3 is 2.31 bits per heavy atom. The predicted octanol–water partition coefficient (Wildman–Crippen LogP) is 0.884. The predicted molar refractivity (Wildman–Crippen MR) is 32.2 cm³/mol. The van der Waals surface area contributed by atoms with E-state index >= 15 is 0 Å². The van der Waals surface area contributed by atoms with Gasteiger partial charge >= 0.3 is 18.1 Å². The van der Waals surface area contributed by atoms with Crippen LogP contribution in [0.15, 0.2) is 0 Å². The van der Waals surface area contributed by atoms with E-state index in [-0.39, 0.29) is 6.42 Å². The molecule has 0 amide bonds. The molecule has 13 heavy (non-hydrogen) atoms. The van der Waals surface area contributed by atoms with Gasteiger partial charge in [-0.05, 0) is 6.42 Å². The van der Waals surface area contributed by atoms with E-state index in [0.717, 1.165) is 0 Å². The van der Waals surface area contributed by atoms with Gasteiger partial charge in [0.1, 0.15) is 0 Å². The molecule has 0 aromatic rings. The van der Waals surface area contributed by atoms with E-state index in [2.05, 4.69) is 4.74 Å². The topological polar surface area (TPSA) is 43.4 Å². The van der Waals surface area contributed by atoms with Crippen LogP contribution in [0.2, 0.25) is 0 Å². The summed E-state index contributed by atoms with van der Waals surface area (Å²) in [5, 5.41) is 0. The Bertz CT molecular complexity index is 283. The first-order chi connectivity index (χ1) is 5.91. The van der Waals surface area contributed by atoms with E-state index in [9.17, 15) is 22.8 Å². The molecule has 3 atom stereocenters. The lowest BCUT2D eigenvalue weighted by atomic mass is 9.66. The van der Waals surface area contributed by atoms with Crippen molar-refractivity contribution in [2.24, 2.45) is 17.8 Å². The lowest BCUT2D eigenvalue weighted by molar-refractivity contribution is -0.221. The highest BCUT2D eigenvalue weighted by Crippen LogP contribution is 2.53. The van der Waals surface area contributed by atoms with Crippen molar-refractivity contribution in [3.05, 3.63) is 0 Å². The Hall–Kier alpha value is -1.07. The van der Waals surface area contributed by atoms with Crippen molar-refractivity contribution in [2.45, 2.75) is 12.6 Å². The number of rotatable bonds is 0. The van der Waals surface area contributed by atoms with Gasteiger partial charge in [0, 0.05) is 0 Å². The van der Waals surface area contributed by atoms with Crippen molar-refractivity contribution in [3.8, 4) is 0 Å². The minimum atomic E-state index is -4.40. The molecule has 0 aromatic carbocycles. The fourth-order valence-corrected chi connectivity index (χ4v) is 1.80. The van der Waals surface area contributed by atoms with E-state index in [1.807, 2.05) is 0 Å². The van der Waals surface area contributed by atoms with Gasteiger partial charge in [0.15, 0.2) is 0 Å². The maximum absolute atomic E-state index is 12.1. The molecule has 72 valence electrons. The maximum Gasteiger partial charge on any atom is 0.392 e. The Morgan fingerprint density at radius 1 is 1.23 bits per heavy atom. The van der Waals surface area contributed by atoms with Gasteiger partial charge in [-0.3, -0.25) is 9.59 Å². The number of cyclic esters (lactones) is 2. The number of fused-ring (bicyclic) bond motifs is 1. The zero-order valence-corrected chi connectivity index (χ0v) is 6.30. The van der Waals surface area contributed by atoms with Crippen LogP contribution in [-0.4, -0.2) is 18.1 Å². The van der Waals surface area contributed by atoms with Gasteiger partial charge in [-0.25, -0.2) is 0 Å². The van der Waals surface area contributed by atoms with Crippen molar-refractivity contribution in [2.75, 3.05) is 0 Å². The van der Waals surface area contributed by atoms with Crippen molar-refractivity contribution < 1.29 is 27.5 Å². The normalized spacial score (nSPS) is 38.2. The van der Waals surface area contributed by atoms with Crippen LogP contribution in [-0.2, 0) is 14.3 Å². The zero-order chi connectivity index (χ0) is 9.80. The van der Waals surface area contributed by atoms with E-state index in [0.29, 0.717) is 0 Å². The minimum Gasteiger partial charge on any atom is -0.393 e. The molecule has 0 spiro atoms. The number of alkyl halides is 3. The smallest absolute Gasteiger partial charge is 0.392 e. The summed E-state index contributed by atoms with van der Waals surface area (Å²) in [5.41, 5.74) is 0. The molecule has 2 rings (SSSR count). The van der Waals surface area contributed by atoms with Gasteiger partial charge in [0.05, 0.1) is 17.8 Å². The third-order valence-electron chi connectivity index (χ3n) is 2.57. The zero-order valence-electron chi connectivity index (χ0n) is 6.30. The number of hydrogen-bond acceptors (Lipinski definition) is 3. The molecule has 6 heteroatoms. The molecule has 0 aromatic heterocycles. The fourth-order valence-electron chi connectivity index (χ4n) is 1.80. The molecule has 0 N–H and O–H groups in total. The van der Waals surface area contributed by atoms with Crippen LogP contribution in [0.5, 0.6) is 0 Å². The van der Waals surface area contributed by atoms with E-state index in [4.69, 9.17) is 0 Å². The fraction of sp³-hybridized carbons (Fsp3) is 0.714. The molecule has 2 fully saturated rings. The van der Waals surface area contributed by atoms with Crippen molar-refractivity contribution in [3.63, 3.8) is 0 Å². The lowest BCUT2D eigenvalue weighted by Crippen LogP contribution is -2.46. The van der Waals surface area contributed by atoms with Gasteiger partial charge in [-0.1, -0.05) is 0 Å². The van der Waals surface area contributed by atoms with Gasteiger partial charge < -0.3 is 4.74 Å².